The maximum Gasteiger partial charge on any atom is 0.277 e. The summed E-state index contributed by atoms with van der Waals surface area (Å²) in [6, 6.07) is 13.6. The van der Waals surface area contributed by atoms with E-state index in [1.54, 1.807) is 12.1 Å². The molecule has 1 aliphatic rings. The quantitative estimate of drug-likeness (QED) is 0.585. The molecule has 1 atom stereocenters. The fraction of sp³-hybridized carbons (Fsp3) is 0.286. The predicted molar refractivity (Wildman–Crippen MR) is 109 cm³/mol. The van der Waals surface area contributed by atoms with Crippen molar-refractivity contribution in [3.8, 4) is 23.0 Å². The maximum atomic E-state index is 12.4. The second kappa shape index (κ2) is 8.57. The van der Waals surface area contributed by atoms with Gasteiger partial charge in [-0.05, 0) is 37.1 Å². The molecule has 0 radical (unpaired) electrons. The third-order valence-electron chi connectivity index (χ3n) is 4.58. The summed E-state index contributed by atoms with van der Waals surface area (Å²) >= 11 is 1.21. The molecule has 0 aliphatic carbocycles. The number of hydrogen-bond donors (Lipinski definition) is 1. The van der Waals surface area contributed by atoms with Crippen molar-refractivity contribution in [1.82, 2.24) is 15.5 Å². The van der Waals surface area contributed by atoms with Crippen molar-refractivity contribution in [3.63, 3.8) is 0 Å². The Labute approximate surface area is 172 Å². The SMILES string of the molecule is CC[C@@H](NC(=O)CSc1nnc(-c2ccc3c(c2)OCO3)o1)c1ccc(C)cc1. The zero-order valence-corrected chi connectivity index (χ0v) is 17.0. The minimum atomic E-state index is -0.0785. The number of aryl methyl sites for hydroxylation is 1. The normalized spacial score (nSPS) is 13.3. The second-order valence-corrected chi connectivity index (χ2v) is 7.60. The smallest absolute Gasteiger partial charge is 0.277 e. The van der Waals surface area contributed by atoms with Crippen LogP contribution in [0.15, 0.2) is 52.1 Å². The molecule has 0 saturated heterocycles. The van der Waals surface area contributed by atoms with Gasteiger partial charge in [0, 0.05) is 5.56 Å². The monoisotopic (exact) mass is 411 g/mol. The Bertz CT molecular complexity index is 1000. The highest BCUT2D eigenvalue weighted by Gasteiger charge is 2.18. The molecule has 0 bridgehead atoms. The topological polar surface area (TPSA) is 86.5 Å². The van der Waals surface area contributed by atoms with Crippen molar-refractivity contribution in [3.05, 3.63) is 53.6 Å². The van der Waals surface area contributed by atoms with Gasteiger partial charge in [0.1, 0.15) is 0 Å². The van der Waals surface area contributed by atoms with E-state index in [1.807, 2.05) is 32.0 Å². The van der Waals surface area contributed by atoms with E-state index in [4.69, 9.17) is 13.9 Å². The molecular formula is C21H21N3O4S. The molecule has 1 aromatic heterocycles. The van der Waals surface area contributed by atoms with Gasteiger partial charge in [-0.1, -0.05) is 48.5 Å². The van der Waals surface area contributed by atoms with Crippen LogP contribution in [-0.4, -0.2) is 28.7 Å². The van der Waals surface area contributed by atoms with Gasteiger partial charge < -0.3 is 19.2 Å². The van der Waals surface area contributed by atoms with Crippen molar-refractivity contribution in [2.45, 2.75) is 31.5 Å². The van der Waals surface area contributed by atoms with E-state index in [1.165, 1.54) is 17.3 Å². The highest BCUT2D eigenvalue weighted by molar-refractivity contribution is 7.99. The van der Waals surface area contributed by atoms with Crippen molar-refractivity contribution < 1.29 is 18.7 Å². The number of aromatic nitrogens is 2. The second-order valence-electron chi connectivity index (χ2n) is 6.67. The molecule has 8 heteroatoms. The molecule has 3 aromatic rings. The lowest BCUT2D eigenvalue weighted by Gasteiger charge is -2.17. The first kappa shape index (κ1) is 19.3. The number of nitrogens with one attached hydrogen (secondary N) is 1. The summed E-state index contributed by atoms with van der Waals surface area (Å²) in [5.74, 6) is 1.84. The Kier molecular flexibility index (Phi) is 5.71. The van der Waals surface area contributed by atoms with Gasteiger partial charge in [-0.3, -0.25) is 4.79 Å². The van der Waals surface area contributed by atoms with Crippen LogP contribution in [0.5, 0.6) is 11.5 Å². The third kappa shape index (κ3) is 4.54. The van der Waals surface area contributed by atoms with E-state index in [2.05, 4.69) is 27.6 Å². The van der Waals surface area contributed by atoms with Gasteiger partial charge in [-0.15, -0.1) is 10.2 Å². The molecule has 1 aliphatic heterocycles. The zero-order chi connectivity index (χ0) is 20.2. The van der Waals surface area contributed by atoms with Crippen LogP contribution in [0.2, 0.25) is 0 Å². The molecule has 150 valence electrons. The van der Waals surface area contributed by atoms with Crippen LogP contribution >= 0.6 is 11.8 Å². The molecule has 2 aromatic carbocycles. The van der Waals surface area contributed by atoms with Crippen LogP contribution < -0.4 is 14.8 Å². The Hall–Kier alpha value is -3.00. The van der Waals surface area contributed by atoms with Crippen molar-refractivity contribution in [1.29, 1.82) is 0 Å². The first-order valence-corrected chi connectivity index (χ1v) is 10.3. The molecule has 1 amide bonds. The number of carbonyl (C=O) groups excluding carboxylic acids is 1. The fourth-order valence-corrected chi connectivity index (χ4v) is 3.57. The van der Waals surface area contributed by atoms with E-state index >= 15 is 0 Å². The van der Waals surface area contributed by atoms with Crippen LogP contribution in [0.3, 0.4) is 0 Å². The third-order valence-corrected chi connectivity index (χ3v) is 5.39. The lowest BCUT2D eigenvalue weighted by atomic mass is 10.0. The van der Waals surface area contributed by atoms with Gasteiger partial charge in [-0.2, -0.15) is 0 Å². The largest absolute Gasteiger partial charge is 0.454 e. The molecule has 7 nitrogen and oxygen atoms in total. The van der Waals surface area contributed by atoms with Crippen molar-refractivity contribution in [2.24, 2.45) is 0 Å². The molecule has 0 unspecified atom stereocenters. The maximum absolute atomic E-state index is 12.4. The molecule has 2 heterocycles. The summed E-state index contributed by atoms with van der Waals surface area (Å²) in [7, 11) is 0. The summed E-state index contributed by atoms with van der Waals surface area (Å²) in [5.41, 5.74) is 3.03. The number of rotatable bonds is 7. The number of nitrogens with zero attached hydrogens (tertiary/aromatic N) is 2. The zero-order valence-electron chi connectivity index (χ0n) is 16.2. The van der Waals surface area contributed by atoms with Crippen LogP contribution in [-0.2, 0) is 4.79 Å². The standard InChI is InChI=1S/C21H21N3O4S/c1-3-16(14-6-4-13(2)5-7-14)22-19(25)11-29-21-24-23-20(28-21)15-8-9-17-18(10-15)27-12-26-17/h4-10,16H,3,11-12H2,1-2H3,(H,22,25)/t16-/m1/s1. The van der Waals surface area contributed by atoms with E-state index in [-0.39, 0.29) is 24.5 Å². The van der Waals surface area contributed by atoms with Crippen LogP contribution in [0, 0.1) is 6.92 Å². The van der Waals surface area contributed by atoms with Crippen molar-refractivity contribution in [2.75, 3.05) is 12.5 Å². The molecule has 0 fully saturated rings. The Morgan fingerprint density at radius 1 is 1.14 bits per heavy atom. The van der Waals surface area contributed by atoms with Gasteiger partial charge in [0.15, 0.2) is 11.5 Å². The number of carbonyl (C=O) groups is 1. The van der Waals surface area contributed by atoms with Gasteiger partial charge >= 0.3 is 0 Å². The lowest BCUT2D eigenvalue weighted by Crippen LogP contribution is -2.29. The molecule has 0 saturated carbocycles. The van der Waals surface area contributed by atoms with Gasteiger partial charge in [0.05, 0.1) is 11.8 Å². The molecule has 1 N–H and O–H groups in total. The number of ether oxygens (including phenoxy) is 2. The van der Waals surface area contributed by atoms with Crippen LogP contribution in [0.25, 0.3) is 11.5 Å². The number of fused-ring (bicyclic) bond motifs is 1. The summed E-state index contributed by atoms with van der Waals surface area (Å²) in [6.45, 7) is 4.30. The van der Waals surface area contributed by atoms with Gasteiger partial charge in [0.2, 0.25) is 18.6 Å². The number of thioether (sulfide) groups is 1. The van der Waals surface area contributed by atoms with E-state index in [0.717, 1.165) is 17.5 Å². The summed E-state index contributed by atoms with van der Waals surface area (Å²) in [5, 5.41) is 11.5. The van der Waals surface area contributed by atoms with Crippen LogP contribution in [0.1, 0.15) is 30.5 Å². The summed E-state index contributed by atoms with van der Waals surface area (Å²) in [4.78, 5) is 12.4. The highest BCUT2D eigenvalue weighted by atomic mass is 32.2. The first-order valence-electron chi connectivity index (χ1n) is 9.34. The van der Waals surface area contributed by atoms with Crippen LogP contribution in [0.4, 0.5) is 0 Å². The molecule has 4 rings (SSSR count). The average molecular weight is 411 g/mol. The highest BCUT2D eigenvalue weighted by Crippen LogP contribution is 2.36. The molecule has 0 spiro atoms. The lowest BCUT2D eigenvalue weighted by molar-refractivity contribution is -0.119. The summed E-state index contributed by atoms with van der Waals surface area (Å²) in [6.07, 6.45) is 0.814. The Morgan fingerprint density at radius 2 is 1.93 bits per heavy atom. The number of benzene rings is 2. The predicted octanol–water partition coefficient (Wildman–Crippen LogP) is 4.13. The van der Waals surface area contributed by atoms with E-state index in [0.29, 0.717) is 22.6 Å². The fourth-order valence-electron chi connectivity index (χ4n) is 3.00. The van der Waals surface area contributed by atoms with Gasteiger partial charge in [0.25, 0.3) is 5.22 Å². The minimum absolute atomic E-state index is 0.0180. The first-order chi connectivity index (χ1) is 14.1. The summed E-state index contributed by atoms with van der Waals surface area (Å²) < 4.78 is 16.3. The number of amides is 1. The molecule has 29 heavy (non-hydrogen) atoms. The van der Waals surface area contributed by atoms with Gasteiger partial charge in [-0.25, -0.2) is 0 Å². The average Bonchev–Trinajstić information content (AvgIpc) is 3.40. The van der Waals surface area contributed by atoms with Crippen molar-refractivity contribution >= 4 is 17.7 Å². The Morgan fingerprint density at radius 3 is 2.72 bits per heavy atom. The Balaban J connectivity index is 1.34. The molecular weight excluding hydrogens is 390 g/mol. The van der Waals surface area contributed by atoms with E-state index in [9.17, 15) is 4.79 Å². The minimum Gasteiger partial charge on any atom is -0.454 e. The van der Waals surface area contributed by atoms with E-state index < -0.39 is 0 Å². The number of hydrogen-bond acceptors (Lipinski definition) is 7.